The minimum Gasteiger partial charge on any atom is -0.324 e. The molecule has 0 aliphatic heterocycles. The summed E-state index contributed by atoms with van der Waals surface area (Å²) in [4.78, 5) is 0. The second-order valence-electron chi connectivity index (χ2n) is 3.62. The third kappa shape index (κ3) is 3.52. The first kappa shape index (κ1) is 13.2. The molecule has 0 spiro atoms. The zero-order valence-electron chi connectivity index (χ0n) is 8.79. The number of nitrogens with two attached hydrogens (primary N) is 1. The Morgan fingerprint density at radius 2 is 2.00 bits per heavy atom. The van der Waals surface area contributed by atoms with E-state index in [9.17, 15) is 0 Å². The van der Waals surface area contributed by atoms with E-state index < -0.39 is 0 Å². The van der Waals surface area contributed by atoms with E-state index in [0.717, 1.165) is 12.0 Å². The largest absolute Gasteiger partial charge is 0.324 e. The second kappa shape index (κ2) is 5.84. The van der Waals surface area contributed by atoms with E-state index in [0.29, 0.717) is 0 Å². The third-order valence-corrected chi connectivity index (χ3v) is 2.16. The van der Waals surface area contributed by atoms with Gasteiger partial charge in [0.1, 0.15) is 0 Å². The highest BCUT2D eigenvalue weighted by Crippen LogP contribution is 2.20. The van der Waals surface area contributed by atoms with Crippen LogP contribution >= 0.6 is 12.4 Å². The fourth-order valence-corrected chi connectivity index (χ4v) is 1.49. The molecule has 0 saturated heterocycles. The van der Waals surface area contributed by atoms with Gasteiger partial charge in [0.15, 0.2) is 0 Å². The van der Waals surface area contributed by atoms with Gasteiger partial charge in [-0.15, -0.1) is 19.0 Å². The van der Waals surface area contributed by atoms with Gasteiger partial charge < -0.3 is 5.73 Å². The zero-order valence-corrected chi connectivity index (χ0v) is 9.60. The van der Waals surface area contributed by atoms with Crippen LogP contribution in [0.2, 0.25) is 0 Å². The topological polar surface area (TPSA) is 26.0 Å². The summed E-state index contributed by atoms with van der Waals surface area (Å²) in [7, 11) is 0. The van der Waals surface area contributed by atoms with Crippen molar-refractivity contribution in [3.8, 4) is 0 Å². The van der Waals surface area contributed by atoms with Gasteiger partial charge in [0, 0.05) is 6.04 Å². The van der Waals surface area contributed by atoms with Crippen LogP contribution in [-0.2, 0) is 0 Å². The molecular formula is C12H18ClN. The lowest BCUT2D eigenvalue weighted by atomic mass is 9.97. The molecule has 0 unspecified atom stereocenters. The fraction of sp³-hybridized carbons (Fsp3) is 0.333. The molecule has 0 aromatic heterocycles. The van der Waals surface area contributed by atoms with Crippen LogP contribution in [0.5, 0.6) is 0 Å². The Morgan fingerprint density at radius 3 is 2.50 bits per heavy atom. The summed E-state index contributed by atoms with van der Waals surface area (Å²) in [6.45, 7) is 7.97. The maximum atomic E-state index is 6.04. The van der Waals surface area contributed by atoms with Crippen molar-refractivity contribution in [2.75, 3.05) is 0 Å². The molecule has 0 amide bonds. The Hall–Kier alpha value is -0.790. The van der Waals surface area contributed by atoms with Gasteiger partial charge >= 0.3 is 0 Å². The third-order valence-electron chi connectivity index (χ3n) is 2.16. The first-order valence-electron chi connectivity index (χ1n) is 4.56. The standard InChI is InChI=1S/C12H17N.ClH/c1-9(2)8-12(13)11-7-5-4-6-10(11)3;/h4-7,12H,1,8,13H2,2-3H3;1H/t12-;/m0./s1. The minimum absolute atomic E-state index is 0. The van der Waals surface area contributed by atoms with Crippen LogP contribution < -0.4 is 5.73 Å². The van der Waals surface area contributed by atoms with Crippen LogP contribution in [-0.4, -0.2) is 0 Å². The van der Waals surface area contributed by atoms with Crippen molar-refractivity contribution in [2.24, 2.45) is 5.73 Å². The molecule has 1 aromatic carbocycles. The number of aryl methyl sites for hydroxylation is 1. The molecule has 0 aliphatic carbocycles. The van der Waals surface area contributed by atoms with Gasteiger partial charge in [0.25, 0.3) is 0 Å². The molecule has 0 bridgehead atoms. The van der Waals surface area contributed by atoms with Crippen molar-refractivity contribution in [1.29, 1.82) is 0 Å². The van der Waals surface area contributed by atoms with Gasteiger partial charge in [0.05, 0.1) is 0 Å². The van der Waals surface area contributed by atoms with Gasteiger partial charge in [0.2, 0.25) is 0 Å². The number of halogens is 1. The van der Waals surface area contributed by atoms with Crippen molar-refractivity contribution in [2.45, 2.75) is 26.3 Å². The van der Waals surface area contributed by atoms with Crippen molar-refractivity contribution < 1.29 is 0 Å². The highest BCUT2D eigenvalue weighted by molar-refractivity contribution is 5.85. The second-order valence-corrected chi connectivity index (χ2v) is 3.62. The van der Waals surface area contributed by atoms with Crippen LogP contribution in [0.3, 0.4) is 0 Å². The van der Waals surface area contributed by atoms with Gasteiger partial charge in [-0.1, -0.05) is 29.8 Å². The monoisotopic (exact) mass is 211 g/mol. The molecule has 1 aromatic rings. The van der Waals surface area contributed by atoms with Crippen molar-refractivity contribution in [3.63, 3.8) is 0 Å². The lowest BCUT2D eigenvalue weighted by Gasteiger charge is -2.14. The van der Waals surface area contributed by atoms with Crippen molar-refractivity contribution in [1.82, 2.24) is 0 Å². The highest BCUT2D eigenvalue weighted by atomic mass is 35.5. The maximum absolute atomic E-state index is 6.04. The molecule has 78 valence electrons. The zero-order chi connectivity index (χ0) is 9.84. The summed E-state index contributed by atoms with van der Waals surface area (Å²) in [5, 5.41) is 0. The Bertz CT molecular complexity index is 307. The quantitative estimate of drug-likeness (QED) is 0.763. The average molecular weight is 212 g/mol. The van der Waals surface area contributed by atoms with Crippen molar-refractivity contribution >= 4 is 12.4 Å². The molecule has 0 radical (unpaired) electrons. The molecule has 0 saturated carbocycles. The summed E-state index contributed by atoms with van der Waals surface area (Å²) in [5.74, 6) is 0. The number of benzene rings is 1. The SMILES string of the molecule is C=C(C)C[C@H](N)c1ccccc1C.Cl. The summed E-state index contributed by atoms with van der Waals surface area (Å²) < 4.78 is 0. The molecule has 1 rings (SSSR count). The van der Waals surface area contributed by atoms with E-state index in [1.54, 1.807) is 0 Å². The minimum atomic E-state index is 0. The lowest BCUT2D eigenvalue weighted by Crippen LogP contribution is -2.11. The van der Waals surface area contributed by atoms with Crippen LogP contribution in [0.25, 0.3) is 0 Å². The lowest BCUT2D eigenvalue weighted by molar-refractivity contribution is 0.712. The molecule has 14 heavy (non-hydrogen) atoms. The first-order chi connectivity index (χ1) is 6.11. The summed E-state index contributed by atoms with van der Waals surface area (Å²) >= 11 is 0. The molecule has 2 N–H and O–H groups in total. The molecule has 1 atom stereocenters. The predicted octanol–water partition coefficient (Wildman–Crippen LogP) is 3.38. The van der Waals surface area contributed by atoms with Crippen LogP contribution in [0.15, 0.2) is 36.4 Å². The maximum Gasteiger partial charge on any atom is 0.0334 e. The van der Waals surface area contributed by atoms with Gasteiger partial charge in [-0.3, -0.25) is 0 Å². The van der Waals surface area contributed by atoms with Gasteiger partial charge in [-0.05, 0) is 31.4 Å². The van der Waals surface area contributed by atoms with E-state index in [-0.39, 0.29) is 18.4 Å². The fourth-order valence-electron chi connectivity index (χ4n) is 1.49. The van der Waals surface area contributed by atoms with Crippen LogP contribution in [0.1, 0.15) is 30.5 Å². The highest BCUT2D eigenvalue weighted by Gasteiger charge is 2.07. The molecule has 0 heterocycles. The average Bonchev–Trinajstić information content (AvgIpc) is 2.03. The van der Waals surface area contributed by atoms with E-state index in [1.165, 1.54) is 11.1 Å². The van der Waals surface area contributed by atoms with E-state index >= 15 is 0 Å². The molecule has 2 heteroatoms. The number of hydrogen-bond acceptors (Lipinski definition) is 1. The van der Waals surface area contributed by atoms with Crippen molar-refractivity contribution in [3.05, 3.63) is 47.5 Å². The Morgan fingerprint density at radius 1 is 1.43 bits per heavy atom. The van der Waals surface area contributed by atoms with Crippen LogP contribution in [0, 0.1) is 6.92 Å². The summed E-state index contributed by atoms with van der Waals surface area (Å²) in [6.07, 6.45) is 0.866. The smallest absolute Gasteiger partial charge is 0.0334 e. The summed E-state index contributed by atoms with van der Waals surface area (Å²) in [5.41, 5.74) is 9.66. The van der Waals surface area contributed by atoms with Gasteiger partial charge in [-0.2, -0.15) is 0 Å². The van der Waals surface area contributed by atoms with Crippen LogP contribution in [0.4, 0.5) is 0 Å². The van der Waals surface area contributed by atoms with E-state index in [2.05, 4.69) is 25.6 Å². The molecule has 0 aliphatic rings. The predicted molar refractivity (Wildman–Crippen MR) is 64.8 cm³/mol. The Balaban J connectivity index is 0.00000169. The normalized spacial score (nSPS) is 11.6. The Kier molecular flexibility index (Phi) is 5.51. The molecule has 0 fully saturated rings. The molecule has 1 nitrogen and oxygen atoms in total. The Labute approximate surface area is 92.4 Å². The first-order valence-corrected chi connectivity index (χ1v) is 4.56. The van der Waals surface area contributed by atoms with E-state index in [1.807, 2.05) is 19.1 Å². The van der Waals surface area contributed by atoms with Gasteiger partial charge in [-0.25, -0.2) is 0 Å². The summed E-state index contributed by atoms with van der Waals surface area (Å²) in [6, 6.07) is 8.34. The number of rotatable bonds is 3. The number of hydrogen-bond donors (Lipinski definition) is 1. The van der Waals surface area contributed by atoms with E-state index in [4.69, 9.17) is 5.73 Å². The molecular weight excluding hydrogens is 194 g/mol.